The van der Waals surface area contributed by atoms with E-state index in [9.17, 15) is 0 Å². The van der Waals surface area contributed by atoms with Gasteiger partial charge in [0, 0.05) is 24.7 Å². The lowest BCUT2D eigenvalue weighted by Crippen LogP contribution is -2.44. The maximum absolute atomic E-state index is 6.24. The molecular weight excluding hydrogens is 220 g/mol. The molecule has 2 heteroatoms. The molecule has 1 aliphatic heterocycles. The van der Waals surface area contributed by atoms with Crippen LogP contribution in [-0.2, 0) is 6.54 Å². The Balaban J connectivity index is 1.77. The zero-order chi connectivity index (χ0) is 12.4. The van der Waals surface area contributed by atoms with Gasteiger partial charge in [0.15, 0.2) is 0 Å². The van der Waals surface area contributed by atoms with Gasteiger partial charge in [-0.3, -0.25) is 4.90 Å². The topological polar surface area (TPSA) is 29.3 Å². The van der Waals surface area contributed by atoms with E-state index < -0.39 is 0 Å². The van der Waals surface area contributed by atoms with Gasteiger partial charge in [-0.15, -0.1) is 0 Å². The molecule has 1 aliphatic carbocycles. The molecule has 0 amide bonds. The summed E-state index contributed by atoms with van der Waals surface area (Å²) in [6.45, 7) is 2.16. The maximum atomic E-state index is 6.24. The second-order valence-electron chi connectivity index (χ2n) is 6.12. The van der Waals surface area contributed by atoms with E-state index in [-0.39, 0.29) is 0 Å². The monoisotopic (exact) mass is 244 g/mol. The molecule has 1 atom stereocenters. The van der Waals surface area contributed by atoms with Crippen molar-refractivity contribution in [1.82, 2.24) is 4.90 Å². The highest BCUT2D eigenvalue weighted by Crippen LogP contribution is 2.41. The van der Waals surface area contributed by atoms with Crippen molar-refractivity contribution in [2.45, 2.75) is 56.7 Å². The fourth-order valence-electron chi connectivity index (χ4n) is 3.92. The van der Waals surface area contributed by atoms with Gasteiger partial charge in [-0.25, -0.2) is 0 Å². The van der Waals surface area contributed by atoms with Crippen LogP contribution >= 0.6 is 0 Å². The molecule has 1 spiro atoms. The largest absolute Gasteiger partial charge is 0.326 e. The molecule has 18 heavy (non-hydrogen) atoms. The van der Waals surface area contributed by atoms with Crippen LogP contribution in [0.1, 0.15) is 44.1 Å². The lowest BCUT2D eigenvalue weighted by molar-refractivity contribution is 0.0859. The second-order valence-corrected chi connectivity index (χ2v) is 6.12. The summed E-state index contributed by atoms with van der Waals surface area (Å²) in [5, 5.41) is 0. The van der Waals surface area contributed by atoms with Crippen molar-refractivity contribution in [2.24, 2.45) is 5.73 Å². The summed E-state index contributed by atoms with van der Waals surface area (Å²) >= 11 is 0. The first-order valence-electron chi connectivity index (χ1n) is 7.33. The third-order valence-electron chi connectivity index (χ3n) is 4.77. The van der Waals surface area contributed by atoms with E-state index in [4.69, 9.17) is 5.73 Å². The predicted molar refractivity (Wildman–Crippen MR) is 75.3 cm³/mol. The molecule has 0 radical (unpaired) electrons. The molecule has 0 bridgehead atoms. The lowest BCUT2D eigenvalue weighted by atomic mass is 9.79. The molecular formula is C16H24N2. The molecule has 1 unspecified atom stereocenters. The Bertz CT molecular complexity index is 381. The number of likely N-dealkylation sites (tertiary alicyclic amines) is 1. The van der Waals surface area contributed by atoms with Gasteiger partial charge in [-0.1, -0.05) is 49.6 Å². The standard InChI is InChI=1S/C16H24N2/c17-15-11-16(9-5-2-6-10-16)18(13-15)12-14-7-3-1-4-8-14/h1,3-4,7-8,15H,2,5-6,9-13,17H2. The van der Waals surface area contributed by atoms with Crippen molar-refractivity contribution >= 4 is 0 Å². The van der Waals surface area contributed by atoms with Gasteiger partial charge in [-0.05, 0) is 24.8 Å². The van der Waals surface area contributed by atoms with Gasteiger partial charge in [0.1, 0.15) is 0 Å². The molecule has 98 valence electrons. The first-order chi connectivity index (χ1) is 8.78. The molecule has 1 heterocycles. The van der Waals surface area contributed by atoms with Gasteiger partial charge in [-0.2, -0.15) is 0 Å². The Morgan fingerprint density at radius 2 is 1.83 bits per heavy atom. The van der Waals surface area contributed by atoms with E-state index in [1.165, 1.54) is 44.1 Å². The molecule has 2 aliphatic rings. The zero-order valence-corrected chi connectivity index (χ0v) is 11.1. The second kappa shape index (κ2) is 5.02. The zero-order valence-electron chi connectivity index (χ0n) is 11.1. The van der Waals surface area contributed by atoms with Crippen LogP contribution in [0.3, 0.4) is 0 Å². The number of benzene rings is 1. The van der Waals surface area contributed by atoms with Crippen LogP contribution in [0.4, 0.5) is 0 Å². The van der Waals surface area contributed by atoms with Crippen molar-refractivity contribution < 1.29 is 0 Å². The Labute approximate surface area is 110 Å². The van der Waals surface area contributed by atoms with E-state index in [0.29, 0.717) is 11.6 Å². The minimum atomic E-state index is 0.381. The summed E-state index contributed by atoms with van der Waals surface area (Å²) in [4.78, 5) is 2.67. The highest BCUT2D eigenvalue weighted by Gasteiger charge is 2.44. The SMILES string of the molecule is NC1CN(Cc2ccccc2)C2(CCCCC2)C1. The average molecular weight is 244 g/mol. The van der Waals surface area contributed by atoms with Crippen LogP contribution in [0.5, 0.6) is 0 Å². The summed E-state index contributed by atoms with van der Waals surface area (Å²) in [5.74, 6) is 0. The molecule has 1 saturated heterocycles. The van der Waals surface area contributed by atoms with E-state index in [0.717, 1.165) is 13.1 Å². The van der Waals surface area contributed by atoms with E-state index >= 15 is 0 Å². The quantitative estimate of drug-likeness (QED) is 0.866. The van der Waals surface area contributed by atoms with Crippen LogP contribution in [-0.4, -0.2) is 23.0 Å². The van der Waals surface area contributed by atoms with Crippen LogP contribution in [0.2, 0.25) is 0 Å². The number of rotatable bonds is 2. The van der Waals surface area contributed by atoms with Gasteiger partial charge >= 0.3 is 0 Å². The molecule has 0 aromatic heterocycles. The minimum Gasteiger partial charge on any atom is -0.326 e. The molecule has 1 saturated carbocycles. The number of nitrogens with zero attached hydrogens (tertiary/aromatic N) is 1. The number of hydrogen-bond acceptors (Lipinski definition) is 2. The van der Waals surface area contributed by atoms with Crippen LogP contribution in [0, 0.1) is 0 Å². The molecule has 2 N–H and O–H groups in total. The van der Waals surface area contributed by atoms with Crippen molar-refractivity contribution in [1.29, 1.82) is 0 Å². The van der Waals surface area contributed by atoms with Crippen molar-refractivity contribution in [3.05, 3.63) is 35.9 Å². The molecule has 2 nitrogen and oxygen atoms in total. The fraction of sp³-hybridized carbons (Fsp3) is 0.625. The first-order valence-corrected chi connectivity index (χ1v) is 7.33. The van der Waals surface area contributed by atoms with Crippen molar-refractivity contribution in [3.8, 4) is 0 Å². The van der Waals surface area contributed by atoms with E-state index in [1.807, 2.05) is 0 Å². The van der Waals surface area contributed by atoms with E-state index in [1.54, 1.807) is 0 Å². The van der Waals surface area contributed by atoms with Gasteiger partial charge in [0.25, 0.3) is 0 Å². The summed E-state index contributed by atoms with van der Waals surface area (Å²) in [5.41, 5.74) is 8.09. The first kappa shape index (κ1) is 12.2. The van der Waals surface area contributed by atoms with Crippen molar-refractivity contribution in [3.63, 3.8) is 0 Å². The van der Waals surface area contributed by atoms with E-state index in [2.05, 4.69) is 35.2 Å². The maximum Gasteiger partial charge on any atom is 0.0239 e. The highest BCUT2D eigenvalue weighted by atomic mass is 15.2. The lowest BCUT2D eigenvalue weighted by Gasteiger charge is -2.41. The average Bonchev–Trinajstić information content (AvgIpc) is 2.67. The summed E-state index contributed by atoms with van der Waals surface area (Å²) in [6, 6.07) is 11.2. The van der Waals surface area contributed by atoms with Gasteiger partial charge in [0.2, 0.25) is 0 Å². The Morgan fingerprint density at radius 3 is 2.56 bits per heavy atom. The predicted octanol–water partition coefficient (Wildman–Crippen LogP) is 2.92. The molecule has 3 rings (SSSR count). The van der Waals surface area contributed by atoms with Crippen LogP contribution < -0.4 is 5.73 Å². The summed E-state index contributed by atoms with van der Waals surface area (Å²) in [6.07, 6.45) is 8.10. The summed E-state index contributed by atoms with van der Waals surface area (Å²) in [7, 11) is 0. The summed E-state index contributed by atoms with van der Waals surface area (Å²) < 4.78 is 0. The van der Waals surface area contributed by atoms with Crippen molar-refractivity contribution in [2.75, 3.05) is 6.54 Å². The Morgan fingerprint density at radius 1 is 1.11 bits per heavy atom. The highest BCUT2D eigenvalue weighted by molar-refractivity contribution is 5.16. The minimum absolute atomic E-state index is 0.381. The Hall–Kier alpha value is -0.860. The van der Waals surface area contributed by atoms with Gasteiger partial charge in [0.05, 0.1) is 0 Å². The van der Waals surface area contributed by atoms with Gasteiger partial charge < -0.3 is 5.73 Å². The molecule has 1 aromatic rings. The van der Waals surface area contributed by atoms with Crippen LogP contribution in [0.25, 0.3) is 0 Å². The number of nitrogens with two attached hydrogens (primary N) is 1. The smallest absolute Gasteiger partial charge is 0.0239 e. The molecule has 2 fully saturated rings. The number of hydrogen-bond donors (Lipinski definition) is 1. The van der Waals surface area contributed by atoms with Crippen LogP contribution in [0.15, 0.2) is 30.3 Å². The third-order valence-corrected chi connectivity index (χ3v) is 4.77. The normalized spacial score (nSPS) is 27.7. The third kappa shape index (κ3) is 2.32. The fourth-order valence-corrected chi connectivity index (χ4v) is 3.92. The Kier molecular flexibility index (Phi) is 3.40. The molecule has 1 aromatic carbocycles.